The summed E-state index contributed by atoms with van der Waals surface area (Å²) in [4.78, 5) is 41.1. The number of benzene rings is 1. The minimum absolute atomic E-state index is 0.0174. The molecule has 0 bridgehead atoms. The predicted octanol–water partition coefficient (Wildman–Crippen LogP) is 1.82. The first-order valence-corrected chi connectivity index (χ1v) is 9.51. The van der Waals surface area contributed by atoms with Gasteiger partial charge in [-0.2, -0.15) is 5.10 Å². The third kappa shape index (κ3) is 4.03. The molecule has 2 amide bonds. The molecule has 9 nitrogen and oxygen atoms in total. The summed E-state index contributed by atoms with van der Waals surface area (Å²) in [6, 6.07) is 5.42. The zero-order valence-electron chi connectivity index (χ0n) is 16.3. The standard InChI is InChI=1S/C20H22N6O3/c1-12-3-6-14(23-19(28)13-4-5-13)9-16(12)24-17(27)7-8-26-11-21-18-15(20(26)29)10-22-25(18)2/h3,6,9-11,13H,4-5,7-8H2,1-2H3,(H,23,28)(H,24,27). The molecule has 2 heterocycles. The molecule has 1 fully saturated rings. The Hall–Kier alpha value is -3.49. The summed E-state index contributed by atoms with van der Waals surface area (Å²) in [5.74, 6) is -0.0980. The Morgan fingerprint density at radius 3 is 2.79 bits per heavy atom. The number of hydrogen-bond donors (Lipinski definition) is 2. The first kappa shape index (κ1) is 18.9. The maximum absolute atomic E-state index is 12.5. The molecule has 1 aromatic carbocycles. The molecule has 0 spiro atoms. The molecular formula is C20H22N6O3. The van der Waals surface area contributed by atoms with E-state index in [1.165, 1.54) is 21.8 Å². The van der Waals surface area contributed by atoms with Crippen molar-refractivity contribution in [1.29, 1.82) is 0 Å². The fourth-order valence-corrected chi connectivity index (χ4v) is 3.08. The van der Waals surface area contributed by atoms with Crippen molar-refractivity contribution in [3.63, 3.8) is 0 Å². The van der Waals surface area contributed by atoms with Crippen LogP contribution in [0.2, 0.25) is 0 Å². The monoisotopic (exact) mass is 394 g/mol. The lowest BCUT2D eigenvalue weighted by atomic mass is 10.1. The summed E-state index contributed by atoms with van der Waals surface area (Å²) < 4.78 is 2.94. The van der Waals surface area contributed by atoms with E-state index in [9.17, 15) is 14.4 Å². The number of amides is 2. The summed E-state index contributed by atoms with van der Waals surface area (Å²) in [6.45, 7) is 2.09. The van der Waals surface area contributed by atoms with E-state index in [0.29, 0.717) is 22.4 Å². The number of rotatable bonds is 6. The second kappa shape index (κ2) is 7.50. The molecular weight excluding hydrogens is 372 g/mol. The van der Waals surface area contributed by atoms with Crippen molar-refractivity contribution in [1.82, 2.24) is 19.3 Å². The molecule has 1 aliphatic carbocycles. The molecule has 0 unspecified atom stereocenters. The Balaban J connectivity index is 1.41. The number of nitrogens with zero attached hydrogens (tertiary/aromatic N) is 4. The second-order valence-corrected chi connectivity index (χ2v) is 7.34. The Morgan fingerprint density at radius 2 is 2.03 bits per heavy atom. The fourth-order valence-electron chi connectivity index (χ4n) is 3.08. The predicted molar refractivity (Wildman–Crippen MR) is 109 cm³/mol. The average molecular weight is 394 g/mol. The Morgan fingerprint density at radius 1 is 1.24 bits per heavy atom. The van der Waals surface area contributed by atoms with Crippen LogP contribution in [0, 0.1) is 12.8 Å². The van der Waals surface area contributed by atoms with Crippen LogP contribution in [0.1, 0.15) is 24.8 Å². The smallest absolute Gasteiger partial charge is 0.264 e. The van der Waals surface area contributed by atoms with Crippen molar-refractivity contribution >= 4 is 34.2 Å². The van der Waals surface area contributed by atoms with Gasteiger partial charge in [-0.3, -0.25) is 23.6 Å². The molecule has 9 heteroatoms. The summed E-state index contributed by atoms with van der Waals surface area (Å²) in [6.07, 6.45) is 4.89. The number of carbonyl (C=O) groups is 2. The molecule has 0 aliphatic heterocycles. The van der Waals surface area contributed by atoms with Crippen LogP contribution in [0.25, 0.3) is 11.0 Å². The number of carbonyl (C=O) groups excluding carboxylic acids is 2. The van der Waals surface area contributed by atoms with Gasteiger partial charge in [0.1, 0.15) is 5.39 Å². The largest absolute Gasteiger partial charge is 0.326 e. The number of anilines is 2. The summed E-state index contributed by atoms with van der Waals surface area (Å²) in [7, 11) is 1.72. The number of aryl methyl sites for hydroxylation is 3. The molecule has 0 saturated heterocycles. The molecule has 29 heavy (non-hydrogen) atoms. The second-order valence-electron chi connectivity index (χ2n) is 7.34. The number of hydrogen-bond acceptors (Lipinski definition) is 5. The van der Waals surface area contributed by atoms with Crippen LogP contribution < -0.4 is 16.2 Å². The molecule has 1 saturated carbocycles. The van der Waals surface area contributed by atoms with E-state index in [0.717, 1.165) is 18.4 Å². The average Bonchev–Trinajstić information content (AvgIpc) is 3.48. The van der Waals surface area contributed by atoms with Crippen LogP contribution in [0.15, 0.2) is 35.5 Å². The normalized spacial score (nSPS) is 13.4. The maximum atomic E-state index is 12.5. The molecule has 3 aromatic rings. The molecule has 0 radical (unpaired) electrons. The number of fused-ring (bicyclic) bond motifs is 1. The lowest BCUT2D eigenvalue weighted by molar-refractivity contribution is -0.117. The van der Waals surface area contributed by atoms with Crippen molar-refractivity contribution in [2.24, 2.45) is 13.0 Å². The zero-order valence-corrected chi connectivity index (χ0v) is 16.3. The topological polar surface area (TPSA) is 111 Å². The van der Waals surface area contributed by atoms with Crippen LogP contribution in [0.4, 0.5) is 11.4 Å². The van der Waals surface area contributed by atoms with E-state index in [1.807, 2.05) is 19.1 Å². The van der Waals surface area contributed by atoms with Gasteiger partial charge in [-0.1, -0.05) is 6.07 Å². The highest BCUT2D eigenvalue weighted by Crippen LogP contribution is 2.30. The minimum atomic E-state index is -0.225. The molecule has 1 aliphatic rings. The van der Waals surface area contributed by atoms with Gasteiger partial charge in [0.15, 0.2) is 5.65 Å². The lowest BCUT2D eigenvalue weighted by Crippen LogP contribution is -2.23. The molecule has 2 aromatic heterocycles. The molecule has 2 N–H and O–H groups in total. The first-order valence-electron chi connectivity index (χ1n) is 9.51. The third-order valence-electron chi connectivity index (χ3n) is 5.03. The fraction of sp³-hybridized carbons (Fsp3) is 0.350. The van der Waals surface area contributed by atoms with Gasteiger partial charge in [0.05, 0.1) is 12.5 Å². The highest BCUT2D eigenvalue weighted by molar-refractivity contribution is 5.96. The van der Waals surface area contributed by atoms with Gasteiger partial charge in [0.2, 0.25) is 11.8 Å². The van der Waals surface area contributed by atoms with Crippen LogP contribution >= 0.6 is 0 Å². The third-order valence-corrected chi connectivity index (χ3v) is 5.03. The van der Waals surface area contributed by atoms with Gasteiger partial charge < -0.3 is 10.6 Å². The quantitative estimate of drug-likeness (QED) is 0.662. The number of nitrogens with one attached hydrogen (secondary N) is 2. The maximum Gasteiger partial charge on any atom is 0.264 e. The SMILES string of the molecule is Cc1ccc(NC(=O)C2CC2)cc1NC(=O)CCn1cnc2c(cnn2C)c1=O. The summed E-state index contributed by atoms with van der Waals surface area (Å²) in [5, 5.41) is 10.2. The highest BCUT2D eigenvalue weighted by Gasteiger charge is 2.29. The molecule has 0 atom stereocenters. The van der Waals surface area contributed by atoms with E-state index in [-0.39, 0.29) is 36.3 Å². The van der Waals surface area contributed by atoms with Crippen molar-refractivity contribution in [3.05, 3.63) is 46.6 Å². The van der Waals surface area contributed by atoms with Crippen molar-refractivity contribution in [2.75, 3.05) is 10.6 Å². The van der Waals surface area contributed by atoms with Crippen LogP contribution in [-0.4, -0.2) is 31.1 Å². The van der Waals surface area contributed by atoms with Crippen LogP contribution in [0.3, 0.4) is 0 Å². The molecule has 4 rings (SSSR count). The van der Waals surface area contributed by atoms with Gasteiger partial charge in [-0.25, -0.2) is 4.98 Å². The van der Waals surface area contributed by atoms with E-state index in [4.69, 9.17) is 0 Å². The van der Waals surface area contributed by atoms with E-state index < -0.39 is 0 Å². The highest BCUT2D eigenvalue weighted by atomic mass is 16.2. The lowest BCUT2D eigenvalue weighted by Gasteiger charge is -2.12. The van der Waals surface area contributed by atoms with Crippen LogP contribution in [0.5, 0.6) is 0 Å². The van der Waals surface area contributed by atoms with E-state index in [1.54, 1.807) is 13.1 Å². The van der Waals surface area contributed by atoms with E-state index >= 15 is 0 Å². The first-order chi connectivity index (χ1) is 13.9. The summed E-state index contributed by atoms with van der Waals surface area (Å²) in [5.41, 5.74) is 2.47. The molecule has 150 valence electrons. The van der Waals surface area contributed by atoms with Crippen molar-refractivity contribution in [3.8, 4) is 0 Å². The Labute approximate surface area is 166 Å². The Bertz CT molecular complexity index is 1160. The van der Waals surface area contributed by atoms with Gasteiger partial charge in [-0.15, -0.1) is 0 Å². The Kier molecular flexibility index (Phi) is 4.87. The van der Waals surface area contributed by atoms with E-state index in [2.05, 4.69) is 20.7 Å². The van der Waals surface area contributed by atoms with Crippen LogP contribution in [-0.2, 0) is 23.2 Å². The van der Waals surface area contributed by atoms with Crippen molar-refractivity contribution in [2.45, 2.75) is 32.7 Å². The van der Waals surface area contributed by atoms with Gasteiger partial charge in [0, 0.05) is 37.3 Å². The van der Waals surface area contributed by atoms with Gasteiger partial charge in [-0.05, 0) is 37.5 Å². The number of aromatic nitrogens is 4. The van der Waals surface area contributed by atoms with Crippen molar-refractivity contribution < 1.29 is 9.59 Å². The zero-order chi connectivity index (χ0) is 20.5. The summed E-state index contributed by atoms with van der Waals surface area (Å²) >= 11 is 0. The van der Waals surface area contributed by atoms with Gasteiger partial charge >= 0.3 is 0 Å². The minimum Gasteiger partial charge on any atom is -0.326 e. The van der Waals surface area contributed by atoms with Gasteiger partial charge in [0.25, 0.3) is 5.56 Å².